The number of rotatable bonds is 6. The van der Waals surface area contributed by atoms with E-state index in [4.69, 9.17) is 0 Å². The van der Waals surface area contributed by atoms with Crippen molar-refractivity contribution in [2.24, 2.45) is 5.92 Å². The molecule has 2 heterocycles. The van der Waals surface area contributed by atoms with Gasteiger partial charge in [0.1, 0.15) is 17.7 Å². The number of aromatic amines is 1. The van der Waals surface area contributed by atoms with Crippen molar-refractivity contribution in [3.8, 4) is 0 Å². The molecule has 0 bridgehead atoms. The highest BCUT2D eigenvalue weighted by atomic mass is 19.1. The first kappa shape index (κ1) is 17.4. The van der Waals surface area contributed by atoms with Crippen LogP contribution in [0.2, 0.25) is 0 Å². The Morgan fingerprint density at radius 2 is 2.24 bits per heavy atom. The molecule has 1 aromatic carbocycles. The first-order valence-corrected chi connectivity index (χ1v) is 8.67. The number of likely N-dealkylation sites (tertiary alicyclic amines) is 1. The molecular weight excluding hydrogens is 323 g/mol. The Labute approximate surface area is 145 Å². The predicted octanol–water partition coefficient (Wildman–Crippen LogP) is 2.01. The standard InChI is InChI=1S/C18H23FN4O2/c1-11(2)17(23-9-3-4-16(23)24)18(25)20-8-7-15-21-13-6-5-12(19)10-14(13)22-15/h5-6,10-11,17H,3-4,7-9H2,1-2H3,(H,20,25)(H,21,22)/t17-/m0/s1. The van der Waals surface area contributed by atoms with Crippen LogP contribution in [0, 0.1) is 11.7 Å². The van der Waals surface area contributed by atoms with Crippen molar-refractivity contribution in [3.05, 3.63) is 29.8 Å². The Morgan fingerprint density at radius 1 is 1.44 bits per heavy atom. The van der Waals surface area contributed by atoms with Gasteiger partial charge in [0, 0.05) is 25.9 Å². The zero-order valence-corrected chi connectivity index (χ0v) is 14.5. The minimum atomic E-state index is -0.431. The second-order valence-corrected chi connectivity index (χ2v) is 6.77. The molecule has 0 unspecified atom stereocenters. The Hall–Kier alpha value is -2.44. The van der Waals surface area contributed by atoms with Crippen molar-refractivity contribution >= 4 is 22.8 Å². The van der Waals surface area contributed by atoms with E-state index in [1.807, 2.05) is 13.8 Å². The van der Waals surface area contributed by atoms with Gasteiger partial charge >= 0.3 is 0 Å². The van der Waals surface area contributed by atoms with Gasteiger partial charge in [0.25, 0.3) is 0 Å². The van der Waals surface area contributed by atoms with Crippen LogP contribution in [0.3, 0.4) is 0 Å². The van der Waals surface area contributed by atoms with Gasteiger partial charge in [0.2, 0.25) is 11.8 Å². The summed E-state index contributed by atoms with van der Waals surface area (Å²) in [7, 11) is 0. The Kier molecular flexibility index (Phi) is 5.01. The van der Waals surface area contributed by atoms with E-state index in [1.54, 1.807) is 11.0 Å². The van der Waals surface area contributed by atoms with Gasteiger partial charge < -0.3 is 15.2 Å². The highest BCUT2D eigenvalue weighted by Crippen LogP contribution is 2.19. The van der Waals surface area contributed by atoms with E-state index in [1.165, 1.54) is 12.1 Å². The topological polar surface area (TPSA) is 78.1 Å². The number of imidazole rings is 1. The Bertz CT molecular complexity index is 786. The molecule has 1 saturated heterocycles. The summed E-state index contributed by atoms with van der Waals surface area (Å²) in [5.74, 6) is 0.349. The van der Waals surface area contributed by atoms with Crippen LogP contribution in [0.5, 0.6) is 0 Å². The normalized spacial score (nSPS) is 16.0. The molecular formula is C18H23FN4O2. The third-order valence-electron chi connectivity index (χ3n) is 4.50. The molecule has 0 aliphatic carbocycles. The maximum Gasteiger partial charge on any atom is 0.243 e. The fraction of sp³-hybridized carbons (Fsp3) is 0.500. The lowest BCUT2D eigenvalue weighted by atomic mass is 10.0. The number of aromatic nitrogens is 2. The predicted molar refractivity (Wildman–Crippen MR) is 92.3 cm³/mol. The molecule has 1 atom stereocenters. The van der Waals surface area contributed by atoms with Gasteiger partial charge in [-0.1, -0.05) is 13.8 Å². The van der Waals surface area contributed by atoms with Crippen LogP contribution in [0.4, 0.5) is 4.39 Å². The summed E-state index contributed by atoms with van der Waals surface area (Å²) in [6.07, 6.45) is 1.84. The minimum absolute atomic E-state index is 0.0492. The third kappa shape index (κ3) is 3.81. The molecule has 0 saturated carbocycles. The monoisotopic (exact) mass is 346 g/mol. The smallest absolute Gasteiger partial charge is 0.243 e. The van der Waals surface area contributed by atoms with Gasteiger partial charge in [-0.3, -0.25) is 9.59 Å². The van der Waals surface area contributed by atoms with E-state index in [0.29, 0.717) is 42.8 Å². The second kappa shape index (κ2) is 7.21. The fourth-order valence-corrected chi connectivity index (χ4v) is 3.33. The molecule has 134 valence electrons. The SMILES string of the molecule is CC(C)[C@@H](C(=O)NCCc1nc2ccc(F)cc2[nH]1)N1CCCC1=O. The first-order valence-electron chi connectivity index (χ1n) is 8.67. The summed E-state index contributed by atoms with van der Waals surface area (Å²) < 4.78 is 13.2. The van der Waals surface area contributed by atoms with Crippen molar-refractivity contribution in [2.75, 3.05) is 13.1 Å². The number of benzene rings is 1. The Balaban J connectivity index is 1.59. The van der Waals surface area contributed by atoms with Crippen LogP contribution in [-0.2, 0) is 16.0 Å². The van der Waals surface area contributed by atoms with E-state index < -0.39 is 6.04 Å². The lowest BCUT2D eigenvalue weighted by Crippen LogP contribution is -2.50. The molecule has 7 heteroatoms. The number of H-pyrrole nitrogens is 1. The number of hydrogen-bond donors (Lipinski definition) is 2. The molecule has 0 radical (unpaired) electrons. The van der Waals surface area contributed by atoms with Gasteiger partial charge in [-0.05, 0) is 30.5 Å². The molecule has 1 fully saturated rings. The van der Waals surface area contributed by atoms with Gasteiger partial charge in [0.05, 0.1) is 11.0 Å². The van der Waals surface area contributed by atoms with E-state index in [-0.39, 0.29) is 23.5 Å². The van der Waals surface area contributed by atoms with Gasteiger partial charge in [-0.15, -0.1) is 0 Å². The van der Waals surface area contributed by atoms with Gasteiger partial charge in [0.15, 0.2) is 0 Å². The highest BCUT2D eigenvalue weighted by Gasteiger charge is 2.34. The van der Waals surface area contributed by atoms with Crippen molar-refractivity contribution in [2.45, 2.75) is 39.2 Å². The zero-order valence-electron chi connectivity index (χ0n) is 14.5. The number of halogens is 1. The minimum Gasteiger partial charge on any atom is -0.354 e. The molecule has 3 rings (SSSR count). The summed E-state index contributed by atoms with van der Waals surface area (Å²) in [5, 5.41) is 2.90. The number of carbonyl (C=O) groups is 2. The van der Waals surface area contributed by atoms with Crippen LogP contribution >= 0.6 is 0 Å². The molecule has 2 N–H and O–H groups in total. The first-order chi connectivity index (χ1) is 12.0. The van der Waals surface area contributed by atoms with Crippen molar-refractivity contribution < 1.29 is 14.0 Å². The van der Waals surface area contributed by atoms with Crippen LogP contribution < -0.4 is 5.32 Å². The Morgan fingerprint density at radius 3 is 2.92 bits per heavy atom. The molecule has 2 aromatic rings. The lowest BCUT2D eigenvalue weighted by molar-refractivity contribution is -0.139. The number of fused-ring (bicyclic) bond motifs is 1. The summed E-state index contributed by atoms with van der Waals surface area (Å²) in [6.45, 7) is 4.95. The number of nitrogens with zero attached hydrogens (tertiary/aromatic N) is 2. The van der Waals surface area contributed by atoms with E-state index in [2.05, 4.69) is 15.3 Å². The summed E-state index contributed by atoms with van der Waals surface area (Å²) in [6, 6.07) is 3.96. The van der Waals surface area contributed by atoms with Crippen molar-refractivity contribution in [1.29, 1.82) is 0 Å². The van der Waals surface area contributed by atoms with Crippen LogP contribution in [0.1, 0.15) is 32.5 Å². The van der Waals surface area contributed by atoms with Gasteiger partial charge in [-0.2, -0.15) is 0 Å². The number of hydrogen-bond acceptors (Lipinski definition) is 3. The quantitative estimate of drug-likeness (QED) is 0.840. The number of carbonyl (C=O) groups excluding carboxylic acids is 2. The summed E-state index contributed by atoms with van der Waals surface area (Å²) >= 11 is 0. The molecule has 0 spiro atoms. The summed E-state index contributed by atoms with van der Waals surface area (Å²) in [5.41, 5.74) is 1.34. The van der Waals surface area contributed by atoms with E-state index in [9.17, 15) is 14.0 Å². The maximum atomic E-state index is 13.2. The maximum absolute atomic E-state index is 13.2. The van der Waals surface area contributed by atoms with Crippen LogP contribution in [0.15, 0.2) is 18.2 Å². The van der Waals surface area contributed by atoms with Crippen molar-refractivity contribution in [1.82, 2.24) is 20.2 Å². The highest BCUT2D eigenvalue weighted by molar-refractivity contribution is 5.88. The lowest BCUT2D eigenvalue weighted by Gasteiger charge is -2.29. The second-order valence-electron chi connectivity index (χ2n) is 6.77. The molecule has 1 aromatic heterocycles. The fourth-order valence-electron chi connectivity index (χ4n) is 3.33. The van der Waals surface area contributed by atoms with Crippen LogP contribution in [0.25, 0.3) is 11.0 Å². The summed E-state index contributed by atoms with van der Waals surface area (Å²) in [4.78, 5) is 33.6. The molecule has 25 heavy (non-hydrogen) atoms. The third-order valence-corrected chi connectivity index (χ3v) is 4.50. The number of amides is 2. The molecule has 6 nitrogen and oxygen atoms in total. The van der Waals surface area contributed by atoms with E-state index >= 15 is 0 Å². The number of nitrogens with one attached hydrogen (secondary N) is 2. The largest absolute Gasteiger partial charge is 0.354 e. The van der Waals surface area contributed by atoms with Gasteiger partial charge in [-0.25, -0.2) is 9.37 Å². The zero-order chi connectivity index (χ0) is 18.0. The van der Waals surface area contributed by atoms with Crippen molar-refractivity contribution in [3.63, 3.8) is 0 Å². The molecule has 1 aliphatic heterocycles. The average molecular weight is 346 g/mol. The average Bonchev–Trinajstić information content (AvgIpc) is 3.13. The van der Waals surface area contributed by atoms with E-state index in [0.717, 1.165) is 6.42 Å². The van der Waals surface area contributed by atoms with Crippen LogP contribution in [-0.4, -0.2) is 45.8 Å². The molecule has 1 aliphatic rings. The molecule has 2 amide bonds.